The molecule has 112 valence electrons. The van der Waals surface area contributed by atoms with Crippen LogP contribution >= 0.6 is 11.3 Å². The Morgan fingerprint density at radius 3 is 2.76 bits per heavy atom. The first-order chi connectivity index (χ1) is 9.94. The number of sulfonamides is 1. The van der Waals surface area contributed by atoms with Gasteiger partial charge in [0.1, 0.15) is 5.69 Å². The summed E-state index contributed by atoms with van der Waals surface area (Å²) in [6.45, 7) is 0.0672. The summed E-state index contributed by atoms with van der Waals surface area (Å²) >= 11 is 1.37. The topological polar surface area (TPSA) is 114 Å². The lowest BCUT2D eigenvalue weighted by atomic mass is 10.3. The van der Waals surface area contributed by atoms with E-state index in [9.17, 15) is 18.5 Å². The first-order valence-corrected chi connectivity index (χ1v) is 8.19. The molecule has 10 heteroatoms. The van der Waals surface area contributed by atoms with Crippen molar-refractivity contribution in [2.45, 2.75) is 11.4 Å². The van der Waals surface area contributed by atoms with Crippen LogP contribution in [0.15, 0.2) is 34.0 Å². The van der Waals surface area contributed by atoms with Crippen molar-refractivity contribution in [1.82, 2.24) is 9.71 Å². The second-order valence-electron chi connectivity index (χ2n) is 3.99. The Kier molecular flexibility index (Phi) is 4.50. The molecule has 0 unspecified atom stereocenters. The Balaban J connectivity index is 2.25. The van der Waals surface area contributed by atoms with Crippen LogP contribution in [0.3, 0.4) is 0 Å². The molecule has 0 bridgehead atoms. The van der Waals surface area contributed by atoms with Gasteiger partial charge in [-0.1, -0.05) is 0 Å². The van der Waals surface area contributed by atoms with Gasteiger partial charge in [-0.05, 0) is 12.1 Å². The van der Waals surface area contributed by atoms with Gasteiger partial charge in [-0.2, -0.15) is 0 Å². The molecule has 2 rings (SSSR count). The van der Waals surface area contributed by atoms with E-state index in [0.29, 0.717) is 5.69 Å². The minimum atomic E-state index is -3.76. The summed E-state index contributed by atoms with van der Waals surface area (Å²) in [6.07, 6.45) is 0. The van der Waals surface area contributed by atoms with E-state index in [0.717, 1.165) is 6.07 Å². The number of nitrogens with zero attached hydrogens (tertiary/aromatic N) is 2. The zero-order chi connectivity index (χ0) is 15.5. The van der Waals surface area contributed by atoms with Crippen molar-refractivity contribution in [1.29, 1.82) is 0 Å². The first kappa shape index (κ1) is 15.4. The second kappa shape index (κ2) is 6.16. The molecule has 0 aliphatic rings. The van der Waals surface area contributed by atoms with E-state index in [4.69, 9.17) is 0 Å². The third kappa shape index (κ3) is 3.54. The van der Waals surface area contributed by atoms with Crippen molar-refractivity contribution < 1.29 is 13.3 Å². The van der Waals surface area contributed by atoms with Gasteiger partial charge in [0.15, 0.2) is 0 Å². The first-order valence-electron chi connectivity index (χ1n) is 5.77. The fourth-order valence-electron chi connectivity index (χ4n) is 1.62. The summed E-state index contributed by atoms with van der Waals surface area (Å²) in [5.41, 5.74) is 2.17. The third-order valence-corrected chi connectivity index (χ3v) is 4.71. The average Bonchev–Trinajstić information content (AvgIpc) is 2.97. The lowest BCUT2D eigenvalue weighted by Gasteiger charge is -2.08. The van der Waals surface area contributed by atoms with Crippen LogP contribution in [0.5, 0.6) is 0 Å². The van der Waals surface area contributed by atoms with E-state index in [1.165, 1.54) is 30.5 Å². The molecule has 2 aromatic rings. The predicted octanol–water partition coefficient (Wildman–Crippen LogP) is 1.57. The molecular formula is C11H12N4O4S2. The van der Waals surface area contributed by atoms with Gasteiger partial charge >= 0.3 is 0 Å². The maximum Gasteiger partial charge on any atom is 0.292 e. The van der Waals surface area contributed by atoms with Gasteiger partial charge in [0.05, 0.1) is 27.6 Å². The van der Waals surface area contributed by atoms with E-state index < -0.39 is 14.9 Å². The van der Waals surface area contributed by atoms with Gasteiger partial charge in [-0.15, -0.1) is 11.3 Å². The molecule has 2 N–H and O–H groups in total. The monoisotopic (exact) mass is 328 g/mol. The van der Waals surface area contributed by atoms with E-state index in [-0.39, 0.29) is 22.8 Å². The second-order valence-corrected chi connectivity index (χ2v) is 6.48. The number of nitro groups is 1. The number of benzene rings is 1. The van der Waals surface area contributed by atoms with Crippen LogP contribution in [0, 0.1) is 10.1 Å². The van der Waals surface area contributed by atoms with Crippen LogP contribution in [-0.2, 0) is 16.6 Å². The van der Waals surface area contributed by atoms with Crippen molar-refractivity contribution in [3.05, 3.63) is 44.9 Å². The number of rotatable bonds is 6. The van der Waals surface area contributed by atoms with Crippen molar-refractivity contribution in [3.8, 4) is 0 Å². The summed E-state index contributed by atoms with van der Waals surface area (Å²) in [5.74, 6) is 0. The van der Waals surface area contributed by atoms with Crippen molar-refractivity contribution >= 4 is 32.7 Å². The summed E-state index contributed by atoms with van der Waals surface area (Å²) in [6, 6.07) is 3.58. The van der Waals surface area contributed by atoms with Gasteiger partial charge in [-0.25, -0.2) is 18.1 Å². The number of hydrogen-bond donors (Lipinski definition) is 2. The molecule has 0 spiro atoms. The van der Waals surface area contributed by atoms with Gasteiger partial charge in [-0.3, -0.25) is 10.1 Å². The fraction of sp³-hybridized carbons (Fsp3) is 0.182. The molecule has 0 saturated heterocycles. The number of aromatic nitrogens is 1. The van der Waals surface area contributed by atoms with Crippen LogP contribution in [0.25, 0.3) is 0 Å². The molecular weight excluding hydrogens is 316 g/mol. The zero-order valence-electron chi connectivity index (χ0n) is 10.9. The average molecular weight is 328 g/mol. The van der Waals surface area contributed by atoms with Crippen molar-refractivity contribution in [2.24, 2.45) is 0 Å². The highest BCUT2D eigenvalue weighted by Gasteiger charge is 2.19. The third-order valence-electron chi connectivity index (χ3n) is 2.67. The van der Waals surface area contributed by atoms with Crippen LogP contribution in [-0.4, -0.2) is 25.4 Å². The normalized spacial score (nSPS) is 11.3. The molecule has 0 radical (unpaired) electrons. The van der Waals surface area contributed by atoms with Crippen LogP contribution < -0.4 is 10.0 Å². The molecule has 21 heavy (non-hydrogen) atoms. The summed E-state index contributed by atoms with van der Waals surface area (Å²) in [4.78, 5) is 14.2. The lowest BCUT2D eigenvalue weighted by molar-refractivity contribution is -0.384. The minimum absolute atomic E-state index is 0.0484. The Hall–Kier alpha value is -2.04. The van der Waals surface area contributed by atoms with E-state index in [1.807, 2.05) is 0 Å². The van der Waals surface area contributed by atoms with Crippen LogP contribution in [0.2, 0.25) is 0 Å². The van der Waals surface area contributed by atoms with Crippen molar-refractivity contribution in [3.63, 3.8) is 0 Å². The molecule has 0 aliphatic heterocycles. The molecule has 0 amide bonds. The molecule has 1 aromatic carbocycles. The maximum absolute atomic E-state index is 12.1. The quantitative estimate of drug-likeness (QED) is 0.614. The van der Waals surface area contributed by atoms with Gasteiger partial charge in [0.2, 0.25) is 10.0 Å². The van der Waals surface area contributed by atoms with E-state index in [2.05, 4.69) is 15.0 Å². The Labute approximate surface area is 125 Å². The molecule has 1 heterocycles. The van der Waals surface area contributed by atoms with Crippen molar-refractivity contribution in [2.75, 3.05) is 12.4 Å². The molecule has 8 nitrogen and oxygen atoms in total. The Bertz CT molecular complexity index is 744. The highest BCUT2D eigenvalue weighted by atomic mass is 32.2. The van der Waals surface area contributed by atoms with Gasteiger partial charge in [0, 0.05) is 18.5 Å². The largest absolute Gasteiger partial charge is 0.383 e. The highest BCUT2D eigenvalue weighted by molar-refractivity contribution is 7.89. The van der Waals surface area contributed by atoms with Gasteiger partial charge < -0.3 is 5.32 Å². The molecule has 0 saturated carbocycles. The molecule has 0 atom stereocenters. The summed E-state index contributed by atoms with van der Waals surface area (Å²) in [7, 11) is -2.27. The number of nitrogens with one attached hydrogen (secondary N) is 2. The SMILES string of the molecule is CNc1cc(S(=O)(=O)NCc2cscn2)ccc1[N+](=O)[O-]. The zero-order valence-corrected chi connectivity index (χ0v) is 12.6. The number of nitro benzene ring substituents is 1. The number of hydrogen-bond acceptors (Lipinski definition) is 7. The van der Waals surface area contributed by atoms with Crippen LogP contribution in [0.1, 0.15) is 5.69 Å². The summed E-state index contributed by atoms with van der Waals surface area (Å²) < 4.78 is 26.7. The predicted molar refractivity (Wildman–Crippen MR) is 78.8 cm³/mol. The highest BCUT2D eigenvalue weighted by Crippen LogP contribution is 2.26. The van der Waals surface area contributed by atoms with Gasteiger partial charge in [0.25, 0.3) is 5.69 Å². The smallest absolute Gasteiger partial charge is 0.292 e. The molecule has 1 aromatic heterocycles. The van der Waals surface area contributed by atoms with Crippen LogP contribution in [0.4, 0.5) is 11.4 Å². The Morgan fingerprint density at radius 1 is 1.43 bits per heavy atom. The number of thiazole rings is 1. The lowest BCUT2D eigenvalue weighted by Crippen LogP contribution is -2.23. The van der Waals surface area contributed by atoms with E-state index in [1.54, 1.807) is 10.9 Å². The molecule has 0 fully saturated rings. The maximum atomic E-state index is 12.1. The number of anilines is 1. The summed E-state index contributed by atoms with van der Waals surface area (Å²) in [5, 5.41) is 15.2. The Morgan fingerprint density at radius 2 is 2.19 bits per heavy atom. The molecule has 0 aliphatic carbocycles. The standard InChI is InChI=1S/C11H12N4O4S2/c1-12-10-4-9(2-3-11(10)15(16)17)21(18,19)14-5-8-6-20-7-13-8/h2-4,6-7,12,14H,5H2,1H3. The van der Waals surface area contributed by atoms with E-state index >= 15 is 0 Å². The minimum Gasteiger partial charge on any atom is -0.383 e. The fourth-order valence-corrected chi connectivity index (χ4v) is 3.20.